The first-order valence-electron chi connectivity index (χ1n) is 10.0. The van der Waals surface area contributed by atoms with E-state index < -0.39 is 4.92 Å². The number of H-pyrrole nitrogens is 1. The molecule has 0 fully saturated rings. The van der Waals surface area contributed by atoms with Gasteiger partial charge in [0.1, 0.15) is 0 Å². The van der Waals surface area contributed by atoms with Crippen molar-refractivity contribution in [2.75, 3.05) is 0 Å². The maximum absolute atomic E-state index is 13.4. The fraction of sp³-hybridized carbons (Fsp3) is 0.0800. The highest BCUT2D eigenvalue weighted by Gasteiger charge is 2.29. The van der Waals surface area contributed by atoms with Crippen molar-refractivity contribution in [2.24, 2.45) is 0 Å². The van der Waals surface area contributed by atoms with Crippen molar-refractivity contribution in [3.8, 4) is 5.69 Å². The Morgan fingerprint density at radius 2 is 1.55 bits per heavy atom. The zero-order valence-electron chi connectivity index (χ0n) is 16.6. The molecular formula is C25H19N3O3. The summed E-state index contributed by atoms with van der Waals surface area (Å²) in [5.74, 6) is -0.204. The lowest BCUT2D eigenvalue weighted by Crippen LogP contribution is -2.21. The predicted octanol–water partition coefficient (Wildman–Crippen LogP) is 5.15. The molecule has 152 valence electrons. The minimum atomic E-state index is -0.413. The summed E-state index contributed by atoms with van der Waals surface area (Å²) in [6.07, 6.45) is 2.67. The van der Waals surface area contributed by atoms with Gasteiger partial charge < -0.3 is 0 Å². The monoisotopic (exact) mass is 409 g/mol. The fourth-order valence-corrected chi connectivity index (χ4v) is 4.19. The Morgan fingerprint density at radius 3 is 2.19 bits per heavy atom. The number of non-ortho nitro benzene ring substituents is 1. The lowest BCUT2D eigenvalue weighted by Gasteiger charge is -2.23. The second kappa shape index (κ2) is 7.57. The zero-order chi connectivity index (χ0) is 21.4. The second-order valence-corrected chi connectivity index (χ2v) is 7.56. The normalized spacial score (nSPS) is 15.2. The summed E-state index contributed by atoms with van der Waals surface area (Å²) >= 11 is 0. The molecule has 4 aromatic rings. The van der Waals surface area contributed by atoms with Crippen LogP contribution in [0.2, 0.25) is 0 Å². The van der Waals surface area contributed by atoms with E-state index in [0.29, 0.717) is 12.0 Å². The van der Waals surface area contributed by atoms with Crippen LogP contribution in [0.1, 0.15) is 34.7 Å². The van der Waals surface area contributed by atoms with Crippen LogP contribution in [0.15, 0.2) is 89.7 Å². The highest BCUT2D eigenvalue weighted by atomic mass is 16.6. The van der Waals surface area contributed by atoms with E-state index in [1.54, 1.807) is 16.8 Å². The molecule has 5 rings (SSSR count). The molecule has 0 radical (unpaired) electrons. The number of nitro groups is 1. The zero-order valence-corrected chi connectivity index (χ0v) is 16.6. The van der Waals surface area contributed by atoms with Crippen LogP contribution in [-0.2, 0) is 0 Å². The van der Waals surface area contributed by atoms with Gasteiger partial charge in [-0.2, -0.15) is 0 Å². The first-order valence-corrected chi connectivity index (χ1v) is 10.0. The van der Waals surface area contributed by atoms with Crippen molar-refractivity contribution in [1.82, 2.24) is 9.78 Å². The average Bonchev–Trinajstić information content (AvgIpc) is 3.16. The van der Waals surface area contributed by atoms with Crippen molar-refractivity contribution in [3.05, 3.63) is 128 Å². The van der Waals surface area contributed by atoms with Gasteiger partial charge in [0, 0.05) is 18.1 Å². The topological polar surface area (TPSA) is 80.9 Å². The van der Waals surface area contributed by atoms with E-state index in [2.05, 4.69) is 17.2 Å². The molecule has 0 saturated heterocycles. The summed E-state index contributed by atoms with van der Waals surface area (Å²) in [6, 6.07) is 26.0. The third-order valence-electron chi connectivity index (χ3n) is 5.71. The molecule has 1 N–H and O–H groups in total. The van der Waals surface area contributed by atoms with Crippen molar-refractivity contribution in [1.29, 1.82) is 0 Å². The molecule has 0 aliphatic heterocycles. The van der Waals surface area contributed by atoms with Crippen LogP contribution >= 0.6 is 0 Å². The molecule has 3 aromatic carbocycles. The van der Waals surface area contributed by atoms with Gasteiger partial charge in [-0.25, -0.2) is 4.68 Å². The maximum atomic E-state index is 13.4. The Balaban J connectivity index is 1.68. The molecular weight excluding hydrogens is 390 g/mol. The molecule has 0 amide bonds. The van der Waals surface area contributed by atoms with Gasteiger partial charge >= 0.3 is 0 Å². The molecule has 31 heavy (non-hydrogen) atoms. The summed E-state index contributed by atoms with van der Waals surface area (Å²) in [6.45, 7) is 0. The lowest BCUT2D eigenvalue weighted by atomic mass is 9.80. The molecule has 6 nitrogen and oxygen atoms in total. The molecule has 6 heteroatoms. The van der Waals surface area contributed by atoms with Gasteiger partial charge in [-0.15, -0.1) is 0 Å². The second-order valence-electron chi connectivity index (χ2n) is 7.56. The minimum absolute atomic E-state index is 0.0365. The van der Waals surface area contributed by atoms with Crippen LogP contribution in [0.5, 0.6) is 0 Å². The third-order valence-corrected chi connectivity index (χ3v) is 5.71. The van der Waals surface area contributed by atoms with Crippen molar-refractivity contribution >= 4 is 17.3 Å². The van der Waals surface area contributed by atoms with Gasteiger partial charge in [-0.05, 0) is 41.3 Å². The highest BCUT2D eigenvalue weighted by Crippen LogP contribution is 2.40. The summed E-state index contributed by atoms with van der Waals surface area (Å²) in [5.41, 5.74) is 5.22. The number of nitrogens with one attached hydrogen (secondary N) is 1. The summed E-state index contributed by atoms with van der Waals surface area (Å²) < 4.78 is 1.56. The predicted molar refractivity (Wildman–Crippen MR) is 120 cm³/mol. The van der Waals surface area contributed by atoms with Crippen LogP contribution in [0.3, 0.4) is 0 Å². The van der Waals surface area contributed by atoms with Crippen molar-refractivity contribution in [3.63, 3.8) is 0 Å². The smallest absolute Gasteiger partial charge is 0.275 e. The van der Waals surface area contributed by atoms with Gasteiger partial charge in [-0.1, -0.05) is 60.7 Å². The Bertz CT molecular complexity index is 1330. The number of rotatable bonds is 4. The number of fused-ring (bicyclic) bond motifs is 1. The van der Waals surface area contributed by atoms with Crippen LogP contribution in [0.4, 0.5) is 5.69 Å². The van der Waals surface area contributed by atoms with Gasteiger partial charge in [0.05, 0.1) is 21.9 Å². The molecule has 0 saturated carbocycles. The number of allylic oxidation sites excluding steroid dienone is 1. The maximum Gasteiger partial charge on any atom is 0.275 e. The van der Waals surface area contributed by atoms with Crippen LogP contribution < -0.4 is 5.56 Å². The van der Waals surface area contributed by atoms with E-state index in [1.165, 1.54) is 12.1 Å². The molecule has 0 bridgehead atoms. The molecule has 1 unspecified atom stereocenters. The lowest BCUT2D eigenvalue weighted by molar-refractivity contribution is -0.384. The molecule has 1 atom stereocenters. The standard InChI is InChI=1S/C25H19N3O3/c29-25-24-22(18-11-13-21(14-12-18)28(30)31)15-19(17-7-3-1-4-8-17)16-23(24)26-27(25)20-9-5-2-6-10-20/h1-14,16,22,26H,15H2. The number of benzene rings is 3. The third kappa shape index (κ3) is 3.38. The molecule has 0 spiro atoms. The molecule has 1 aromatic heterocycles. The van der Waals surface area contributed by atoms with Crippen molar-refractivity contribution in [2.45, 2.75) is 12.3 Å². The largest absolute Gasteiger partial charge is 0.291 e. The van der Waals surface area contributed by atoms with Crippen LogP contribution in [0.25, 0.3) is 17.3 Å². The molecule has 1 aliphatic carbocycles. The van der Waals surface area contributed by atoms with E-state index in [-0.39, 0.29) is 17.2 Å². The SMILES string of the molecule is O=c1c2c([nH]n1-c1ccccc1)C=C(c1ccccc1)CC2c1ccc([N+](=O)[O-])cc1. The Morgan fingerprint density at radius 1 is 0.903 bits per heavy atom. The van der Waals surface area contributed by atoms with Crippen LogP contribution in [-0.4, -0.2) is 14.7 Å². The summed E-state index contributed by atoms with van der Waals surface area (Å²) in [5, 5.41) is 14.3. The van der Waals surface area contributed by atoms with Gasteiger partial charge in [0.15, 0.2) is 0 Å². The Labute approximate surface area is 178 Å². The fourth-order valence-electron chi connectivity index (χ4n) is 4.19. The number of aromatic amines is 1. The van der Waals surface area contributed by atoms with Gasteiger partial charge in [0.25, 0.3) is 11.2 Å². The average molecular weight is 409 g/mol. The van der Waals surface area contributed by atoms with Crippen molar-refractivity contribution < 1.29 is 4.92 Å². The molecule has 1 aliphatic rings. The summed E-state index contributed by atoms with van der Waals surface area (Å²) in [7, 11) is 0. The first kappa shape index (κ1) is 18.8. The summed E-state index contributed by atoms with van der Waals surface area (Å²) in [4.78, 5) is 24.1. The van der Waals surface area contributed by atoms with Gasteiger partial charge in [-0.3, -0.25) is 20.0 Å². The molecule has 1 heterocycles. The minimum Gasteiger partial charge on any atom is -0.291 e. The van der Waals surface area contributed by atoms with Crippen LogP contribution in [0, 0.1) is 10.1 Å². The van der Waals surface area contributed by atoms with E-state index in [1.807, 2.05) is 54.6 Å². The highest BCUT2D eigenvalue weighted by molar-refractivity contribution is 5.84. The number of hydrogen-bond donors (Lipinski definition) is 1. The quantitative estimate of drug-likeness (QED) is 0.374. The first-order chi connectivity index (χ1) is 15.1. The number of nitrogens with zero attached hydrogens (tertiary/aromatic N) is 2. The Hall–Kier alpha value is -4.19. The number of nitro benzene ring substituents is 1. The number of para-hydroxylation sites is 1. The van der Waals surface area contributed by atoms with E-state index >= 15 is 0 Å². The number of hydrogen-bond acceptors (Lipinski definition) is 3. The van der Waals surface area contributed by atoms with E-state index in [0.717, 1.165) is 28.1 Å². The van der Waals surface area contributed by atoms with E-state index in [9.17, 15) is 14.9 Å². The Kier molecular flexibility index (Phi) is 4.59. The number of aromatic nitrogens is 2. The van der Waals surface area contributed by atoms with E-state index in [4.69, 9.17) is 0 Å². The van der Waals surface area contributed by atoms with Gasteiger partial charge in [0.2, 0.25) is 0 Å².